The molecule has 5 nitrogen and oxygen atoms in total. The summed E-state index contributed by atoms with van der Waals surface area (Å²) in [5.41, 5.74) is 1.84. The Labute approximate surface area is 154 Å². The molecule has 1 aliphatic heterocycles. The van der Waals surface area contributed by atoms with Crippen LogP contribution < -0.4 is 5.32 Å². The van der Waals surface area contributed by atoms with Crippen molar-refractivity contribution in [1.29, 1.82) is 0 Å². The van der Waals surface area contributed by atoms with Gasteiger partial charge in [-0.15, -0.1) is 11.3 Å². The number of carbonyl (C=O) groups excluding carboxylic acids is 1. The van der Waals surface area contributed by atoms with E-state index >= 15 is 0 Å². The van der Waals surface area contributed by atoms with Gasteiger partial charge in [0.15, 0.2) is 0 Å². The number of thiazole rings is 1. The predicted octanol–water partition coefficient (Wildman–Crippen LogP) is 2.99. The Morgan fingerprint density at radius 2 is 2.08 bits per heavy atom. The van der Waals surface area contributed by atoms with E-state index in [0.717, 1.165) is 22.7 Å². The second-order valence-electron chi connectivity index (χ2n) is 6.11. The van der Waals surface area contributed by atoms with E-state index in [9.17, 15) is 14.7 Å². The van der Waals surface area contributed by atoms with Gasteiger partial charge >= 0.3 is 5.97 Å². The molecule has 3 rings (SSSR count). The zero-order valence-electron chi connectivity index (χ0n) is 13.9. The van der Waals surface area contributed by atoms with Crippen LogP contribution in [0.5, 0.6) is 0 Å². The number of aromatic nitrogens is 1. The van der Waals surface area contributed by atoms with Crippen molar-refractivity contribution in [3.8, 4) is 10.6 Å². The molecule has 2 N–H and O–H groups in total. The van der Waals surface area contributed by atoms with Gasteiger partial charge in [-0.1, -0.05) is 31.2 Å². The van der Waals surface area contributed by atoms with Gasteiger partial charge < -0.3 is 10.4 Å². The van der Waals surface area contributed by atoms with Crippen LogP contribution in [0.3, 0.4) is 0 Å². The molecule has 1 fully saturated rings. The summed E-state index contributed by atoms with van der Waals surface area (Å²) in [5.74, 6) is -0.0784. The molecule has 1 unspecified atom stereocenters. The maximum Gasteiger partial charge on any atom is 0.330 e. The number of hydrogen-bond acceptors (Lipinski definition) is 5. The number of nitrogens with zero attached hydrogens (tertiary/aromatic N) is 1. The highest BCUT2D eigenvalue weighted by molar-refractivity contribution is 7.99. The smallest absolute Gasteiger partial charge is 0.330 e. The molecule has 1 aromatic carbocycles. The van der Waals surface area contributed by atoms with Crippen molar-refractivity contribution in [3.63, 3.8) is 0 Å². The minimum absolute atomic E-state index is 0.100. The molecule has 0 bridgehead atoms. The molecule has 2 aromatic rings. The average Bonchev–Trinajstić information content (AvgIpc) is 3.25. The third-order valence-corrected chi connectivity index (χ3v) is 6.44. The lowest BCUT2D eigenvalue weighted by molar-refractivity contribution is -0.146. The summed E-state index contributed by atoms with van der Waals surface area (Å²) in [5, 5.41) is 14.9. The normalized spacial score (nSPS) is 19.7. The first-order valence-corrected chi connectivity index (χ1v) is 10.2. The first kappa shape index (κ1) is 17.9. The molecule has 7 heteroatoms. The molecule has 132 valence electrons. The van der Waals surface area contributed by atoms with Crippen molar-refractivity contribution in [2.45, 2.75) is 31.7 Å². The third kappa shape index (κ3) is 4.04. The number of aryl methyl sites for hydroxylation is 1. The van der Waals surface area contributed by atoms with E-state index in [1.165, 1.54) is 16.9 Å². The monoisotopic (exact) mass is 376 g/mol. The lowest BCUT2D eigenvalue weighted by Gasteiger charge is -2.24. The van der Waals surface area contributed by atoms with Gasteiger partial charge in [0, 0.05) is 16.7 Å². The zero-order valence-corrected chi connectivity index (χ0v) is 15.6. The molecule has 0 radical (unpaired) electrons. The van der Waals surface area contributed by atoms with Crippen molar-refractivity contribution < 1.29 is 14.7 Å². The summed E-state index contributed by atoms with van der Waals surface area (Å²) in [6, 6.07) is 8.24. The van der Waals surface area contributed by atoms with Crippen LogP contribution in [0.1, 0.15) is 24.6 Å². The molecule has 2 heterocycles. The van der Waals surface area contributed by atoms with Crippen molar-refractivity contribution >= 4 is 35.0 Å². The van der Waals surface area contributed by atoms with E-state index < -0.39 is 11.5 Å². The van der Waals surface area contributed by atoms with Gasteiger partial charge in [-0.05, 0) is 24.2 Å². The molecule has 1 saturated heterocycles. The average molecular weight is 377 g/mol. The molecule has 1 atom stereocenters. The Morgan fingerprint density at radius 3 is 2.68 bits per heavy atom. The van der Waals surface area contributed by atoms with Crippen molar-refractivity contribution in [1.82, 2.24) is 10.3 Å². The number of carboxylic acids is 1. The number of rotatable bonds is 6. The lowest BCUT2D eigenvalue weighted by atomic mass is 9.99. The Morgan fingerprint density at radius 1 is 1.32 bits per heavy atom. The number of hydrogen-bond donors (Lipinski definition) is 2. The summed E-state index contributed by atoms with van der Waals surface area (Å²) in [6.45, 7) is 2.11. The number of carboxylic acid groups (broad SMARTS) is 1. The number of carbonyl (C=O) groups is 2. The van der Waals surface area contributed by atoms with Gasteiger partial charge in [-0.3, -0.25) is 4.79 Å². The third-order valence-electron chi connectivity index (χ3n) is 4.31. The molecule has 0 aliphatic carbocycles. The summed E-state index contributed by atoms with van der Waals surface area (Å²) in [6.07, 6.45) is 1.56. The molecular weight excluding hydrogens is 356 g/mol. The van der Waals surface area contributed by atoms with Crippen LogP contribution in [0, 0.1) is 0 Å². The highest BCUT2D eigenvalue weighted by Crippen LogP contribution is 2.29. The van der Waals surface area contributed by atoms with Gasteiger partial charge in [-0.25, -0.2) is 9.78 Å². The summed E-state index contributed by atoms with van der Waals surface area (Å²) >= 11 is 3.05. The number of benzene rings is 1. The SMILES string of the molecule is CCc1ccc(-c2nc(CC(=O)NC3(C(=O)O)CCSC3)cs2)cc1. The van der Waals surface area contributed by atoms with Crippen LogP contribution in [0.25, 0.3) is 10.6 Å². The van der Waals surface area contributed by atoms with Crippen molar-refractivity contribution in [2.24, 2.45) is 0 Å². The summed E-state index contributed by atoms with van der Waals surface area (Å²) in [7, 11) is 0. The fraction of sp³-hybridized carbons (Fsp3) is 0.389. The van der Waals surface area contributed by atoms with E-state index in [-0.39, 0.29) is 12.3 Å². The van der Waals surface area contributed by atoms with Crippen LogP contribution in [0.4, 0.5) is 0 Å². The highest BCUT2D eigenvalue weighted by atomic mass is 32.2. The first-order chi connectivity index (χ1) is 12.0. The Balaban J connectivity index is 1.66. The fourth-order valence-corrected chi connectivity index (χ4v) is 4.92. The van der Waals surface area contributed by atoms with Crippen molar-refractivity contribution in [3.05, 3.63) is 40.9 Å². The largest absolute Gasteiger partial charge is 0.479 e. The van der Waals surface area contributed by atoms with E-state index in [0.29, 0.717) is 17.9 Å². The maximum absolute atomic E-state index is 12.3. The second-order valence-corrected chi connectivity index (χ2v) is 8.07. The number of nitrogens with one attached hydrogen (secondary N) is 1. The maximum atomic E-state index is 12.3. The Hall–Kier alpha value is -1.86. The minimum Gasteiger partial charge on any atom is -0.479 e. The number of aliphatic carboxylic acids is 1. The Bertz CT molecular complexity index is 765. The molecule has 25 heavy (non-hydrogen) atoms. The van der Waals surface area contributed by atoms with Crippen LogP contribution in [-0.2, 0) is 22.4 Å². The van der Waals surface area contributed by atoms with Gasteiger partial charge in [0.1, 0.15) is 10.5 Å². The van der Waals surface area contributed by atoms with Crippen LogP contribution in [-0.4, -0.2) is 39.0 Å². The molecule has 1 aromatic heterocycles. The quantitative estimate of drug-likeness (QED) is 0.810. The fourth-order valence-electron chi connectivity index (χ4n) is 2.77. The molecule has 1 amide bonds. The topological polar surface area (TPSA) is 79.3 Å². The van der Waals surface area contributed by atoms with Gasteiger partial charge in [0.05, 0.1) is 12.1 Å². The van der Waals surface area contributed by atoms with Gasteiger partial charge in [0.2, 0.25) is 5.91 Å². The number of thioether (sulfide) groups is 1. The second kappa shape index (κ2) is 7.58. The molecule has 0 saturated carbocycles. The summed E-state index contributed by atoms with van der Waals surface area (Å²) < 4.78 is 0. The van der Waals surface area contributed by atoms with Gasteiger partial charge in [-0.2, -0.15) is 11.8 Å². The van der Waals surface area contributed by atoms with E-state index in [1.54, 1.807) is 11.8 Å². The van der Waals surface area contributed by atoms with E-state index in [2.05, 4.69) is 29.4 Å². The highest BCUT2D eigenvalue weighted by Gasteiger charge is 2.43. The molecule has 1 aliphatic rings. The summed E-state index contributed by atoms with van der Waals surface area (Å²) in [4.78, 5) is 28.3. The van der Waals surface area contributed by atoms with Crippen LogP contribution in [0.15, 0.2) is 29.6 Å². The first-order valence-electron chi connectivity index (χ1n) is 8.18. The molecular formula is C18H20N2O3S2. The van der Waals surface area contributed by atoms with Crippen LogP contribution in [0.2, 0.25) is 0 Å². The number of amides is 1. The van der Waals surface area contributed by atoms with Crippen molar-refractivity contribution in [2.75, 3.05) is 11.5 Å². The zero-order chi connectivity index (χ0) is 17.9. The van der Waals surface area contributed by atoms with Gasteiger partial charge in [0.25, 0.3) is 0 Å². The lowest BCUT2D eigenvalue weighted by Crippen LogP contribution is -2.55. The van der Waals surface area contributed by atoms with Crippen LogP contribution >= 0.6 is 23.1 Å². The Kier molecular flexibility index (Phi) is 5.44. The predicted molar refractivity (Wildman–Crippen MR) is 101 cm³/mol. The molecule has 0 spiro atoms. The van der Waals surface area contributed by atoms with E-state index in [1.807, 2.05) is 17.5 Å². The minimum atomic E-state index is -1.13. The van der Waals surface area contributed by atoms with E-state index in [4.69, 9.17) is 0 Å². The standard InChI is InChI=1S/C18H20N2O3S2/c1-2-12-3-5-13(6-4-12)16-19-14(10-25-16)9-15(21)20-18(17(22)23)7-8-24-11-18/h3-6,10H,2,7-9,11H2,1H3,(H,20,21)(H,22,23).